The van der Waals surface area contributed by atoms with Gasteiger partial charge in [0.05, 0.1) is 12.2 Å². The molecule has 10 heteroatoms. The van der Waals surface area contributed by atoms with Crippen LogP contribution in [0.4, 0.5) is 0 Å². The number of benzene rings is 1. The molecule has 0 bridgehead atoms. The lowest BCUT2D eigenvalue weighted by atomic mass is 10.2. The van der Waals surface area contributed by atoms with Crippen LogP contribution in [-0.2, 0) is 23.5 Å². The van der Waals surface area contributed by atoms with Crippen LogP contribution in [0.3, 0.4) is 0 Å². The van der Waals surface area contributed by atoms with Crippen LogP contribution in [0.1, 0.15) is 36.5 Å². The highest BCUT2D eigenvalue weighted by atomic mass is 31.2. The standard InChI is InChI=1S/C14H16NO8P/c1-2-9-21-24(19,20)23-11-5-3-10(4-6-11)14(18)22-15-12(16)7-8-13(15)17/h3-6H,2,7-9H2,1H3,(H,19,20). The number of hydrogen-bond acceptors (Lipinski definition) is 7. The summed E-state index contributed by atoms with van der Waals surface area (Å²) in [6.07, 6.45) is 0.553. The SMILES string of the molecule is CCCOP(=O)(O)Oc1ccc(C(=O)ON2C(=O)CCC2=O)cc1. The van der Waals surface area contributed by atoms with Gasteiger partial charge >= 0.3 is 13.8 Å². The maximum absolute atomic E-state index is 11.9. The number of amides is 2. The van der Waals surface area contributed by atoms with Gasteiger partial charge in [0.25, 0.3) is 11.8 Å². The van der Waals surface area contributed by atoms with E-state index < -0.39 is 25.6 Å². The summed E-state index contributed by atoms with van der Waals surface area (Å²) in [6, 6.07) is 5.07. The summed E-state index contributed by atoms with van der Waals surface area (Å²) in [5.74, 6) is -2.05. The lowest BCUT2D eigenvalue weighted by Crippen LogP contribution is -2.32. The van der Waals surface area contributed by atoms with Crippen molar-refractivity contribution in [1.29, 1.82) is 0 Å². The third-order valence-corrected chi connectivity index (χ3v) is 3.90. The molecule has 9 nitrogen and oxygen atoms in total. The number of carbonyl (C=O) groups is 3. The van der Waals surface area contributed by atoms with Gasteiger partial charge in [-0.05, 0) is 30.7 Å². The van der Waals surface area contributed by atoms with Gasteiger partial charge in [0.2, 0.25) is 0 Å². The fraction of sp³-hybridized carbons (Fsp3) is 0.357. The molecule has 1 N–H and O–H groups in total. The largest absolute Gasteiger partial charge is 0.527 e. The van der Waals surface area contributed by atoms with E-state index in [0.29, 0.717) is 11.5 Å². The van der Waals surface area contributed by atoms with Gasteiger partial charge in [-0.3, -0.25) is 19.0 Å². The van der Waals surface area contributed by atoms with Crippen LogP contribution in [0.5, 0.6) is 5.75 Å². The van der Waals surface area contributed by atoms with E-state index in [1.807, 2.05) is 0 Å². The van der Waals surface area contributed by atoms with Crippen molar-refractivity contribution in [3.05, 3.63) is 29.8 Å². The normalized spacial score (nSPS) is 16.8. The summed E-state index contributed by atoms with van der Waals surface area (Å²) in [7, 11) is -4.22. The van der Waals surface area contributed by atoms with E-state index in [0.717, 1.165) is 0 Å². The van der Waals surface area contributed by atoms with E-state index in [9.17, 15) is 23.8 Å². The van der Waals surface area contributed by atoms with Crippen molar-refractivity contribution in [3.63, 3.8) is 0 Å². The Balaban J connectivity index is 1.98. The minimum Gasteiger partial charge on any atom is -0.404 e. The summed E-state index contributed by atoms with van der Waals surface area (Å²) in [6.45, 7) is 1.84. The molecule has 0 aromatic heterocycles. The quantitative estimate of drug-likeness (QED) is 0.580. The highest BCUT2D eigenvalue weighted by molar-refractivity contribution is 7.47. The van der Waals surface area contributed by atoms with Gasteiger partial charge in [0.15, 0.2) is 0 Å². The Hall–Kier alpha value is -2.22. The number of hydrogen-bond donors (Lipinski definition) is 1. The second kappa shape index (κ2) is 7.57. The highest BCUT2D eigenvalue weighted by Crippen LogP contribution is 2.43. The molecule has 1 atom stereocenters. The molecular weight excluding hydrogens is 341 g/mol. The predicted molar refractivity (Wildman–Crippen MR) is 79.6 cm³/mol. The monoisotopic (exact) mass is 357 g/mol. The van der Waals surface area contributed by atoms with E-state index in [1.165, 1.54) is 24.3 Å². The lowest BCUT2D eigenvalue weighted by Gasteiger charge is -2.14. The first-order valence-corrected chi connectivity index (χ1v) is 8.67. The smallest absolute Gasteiger partial charge is 0.404 e. The molecule has 0 saturated carbocycles. The fourth-order valence-electron chi connectivity index (χ4n) is 1.81. The third kappa shape index (κ3) is 4.64. The molecule has 2 rings (SSSR count). The maximum Gasteiger partial charge on any atom is 0.527 e. The molecule has 130 valence electrons. The van der Waals surface area contributed by atoms with Gasteiger partial charge in [0.1, 0.15) is 5.75 Å². The second-order valence-corrected chi connectivity index (χ2v) is 6.26. The first-order valence-electron chi connectivity index (χ1n) is 7.17. The average Bonchev–Trinajstić information content (AvgIpc) is 2.85. The molecule has 1 unspecified atom stereocenters. The van der Waals surface area contributed by atoms with Crippen LogP contribution in [-0.4, -0.2) is 34.3 Å². The first kappa shape index (κ1) is 18.1. The van der Waals surface area contributed by atoms with Crippen molar-refractivity contribution in [3.8, 4) is 5.75 Å². The van der Waals surface area contributed by atoms with Crippen molar-refractivity contribution in [2.75, 3.05) is 6.61 Å². The van der Waals surface area contributed by atoms with Crippen molar-refractivity contribution in [2.24, 2.45) is 0 Å². The maximum atomic E-state index is 11.9. The van der Waals surface area contributed by atoms with Gasteiger partial charge in [0, 0.05) is 12.8 Å². The lowest BCUT2D eigenvalue weighted by molar-refractivity contribution is -0.172. The molecular formula is C14H16NO8P. The Morgan fingerprint density at radius 2 is 1.79 bits per heavy atom. The van der Waals surface area contributed by atoms with Gasteiger partial charge in [-0.2, -0.15) is 0 Å². The summed E-state index contributed by atoms with van der Waals surface area (Å²) in [5.41, 5.74) is 0.0390. The molecule has 1 aromatic rings. The van der Waals surface area contributed by atoms with Crippen LogP contribution in [0.2, 0.25) is 0 Å². The van der Waals surface area contributed by atoms with Crippen molar-refractivity contribution >= 4 is 25.6 Å². The minimum atomic E-state index is -4.22. The first-order chi connectivity index (χ1) is 11.3. The van der Waals surface area contributed by atoms with E-state index in [2.05, 4.69) is 4.52 Å². The van der Waals surface area contributed by atoms with E-state index in [1.54, 1.807) is 6.92 Å². The van der Waals surface area contributed by atoms with Crippen LogP contribution in [0.15, 0.2) is 24.3 Å². The molecule has 0 aliphatic carbocycles. The molecule has 1 aliphatic heterocycles. The Bertz CT molecular complexity index is 671. The van der Waals surface area contributed by atoms with Crippen LogP contribution >= 0.6 is 7.82 Å². The molecule has 1 aromatic carbocycles. The van der Waals surface area contributed by atoms with Gasteiger partial charge < -0.3 is 9.36 Å². The number of phosphoric ester groups is 1. The average molecular weight is 357 g/mol. The fourth-order valence-corrected chi connectivity index (χ4v) is 2.67. The van der Waals surface area contributed by atoms with Crippen molar-refractivity contribution in [2.45, 2.75) is 26.2 Å². The van der Waals surface area contributed by atoms with Gasteiger partial charge in [-0.1, -0.05) is 6.92 Å². The zero-order valence-electron chi connectivity index (χ0n) is 12.8. The molecule has 1 heterocycles. The number of imide groups is 1. The van der Waals surface area contributed by atoms with E-state index in [-0.39, 0.29) is 30.8 Å². The summed E-state index contributed by atoms with van der Waals surface area (Å²) >= 11 is 0. The third-order valence-electron chi connectivity index (χ3n) is 2.95. The number of hydroxylamine groups is 2. The molecule has 2 amide bonds. The topological polar surface area (TPSA) is 119 Å². The second-order valence-electron chi connectivity index (χ2n) is 4.88. The Kier molecular flexibility index (Phi) is 5.71. The summed E-state index contributed by atoms with van der Waals surface area (Å²) in [4.78, 5) is 48.9. The van der Waals surface area contributed by atoms with Crippen LogP contribution < -0.4 is 4.52 Å². The van der Waals surface area contributed by atoms with E-state index >= 15 is 0 Å². The number of phosphoric acid groups is 1. The number of nitrogens with zero attached hydrogens (tertiary/aromatic N) is 1. The molecule has 24 heavy (non-hydrogen) atoms. The summed E-state index contributed by atoms with van der Waals surface area (Å²) < 4.78 is 21.1. The molecule has 1 fully saturated rings. The van der Waals surface area contributed by atoms with Crippen LogP contribution in [0.25, 0.3) is 0 Å². The Morgan fingerprint density at radius 1 is 1.21 bits per heavy atom. The number of rotatable bonds is 7. The molecule has 0 spiro atoms. The molecule has 0 radical (unpaired) electrons. The zero-order valence-corrected chi connectivity index (χ0v) is 13.7. The van der Waals surface area contributed by atoms with Crippen LogP contribution in [0, 0.1) is 0 Å². The van der Waals surface area contributed by atoms with Gasteiger partial charge in [-0.15, -0.1) is 5.06 Å². The Morgan fingerprint density at radius 3 is 2.33 bits per heavy atom. The predicted octanol–water partition coefficient (Wildman–Crippen LogP) is 1.81. The Labute approximate surface area is 137 Å². The number of carbonyl (C=O) groups excluding carboxylic acids is 3. The van der Waals surface area contributed by atoms with Crippen molar-refractivity contribution < 1.29 is 37.7 Å². The molecule has 1 aliphatic rings. The van der Waals surface area contributed by atoms with Crippen molar-refractivity contribution in [1.82, 2.24) is 5.06 Å². The minimum absolute atomic E-state index is 0.00242. The zero-order chi connectivity index (χ0) is 17.7. The summed E-state index contributed by atoms with van der Waals surface area (Å²) in [5, 5.41) is 0.438. The highest BCUT2D eigenvalue weighted by Gasteiger charge is 2.33. The van der Waals surface area contributed by atoms with E-state index in [4.69, 9.17) is 9.36 Å². The molecule has 1 saturated heterocycles. The van der Waals surface area contributed by atoms with Gasteiger partial charge in [-0.25, -0.2) is 9.36 Å².